The van der Waals surface area contributed by atoms with Gasteiger partial charge >= 0.3 is 0 Å². The number of carbonyl (C=O) groups excluding carboxylic acids is 1. The quantitative estimate of drug-likeness (QED) is 0.745. The van der Waals surface area contributed by atoms with Gasteiger partial charge in [-0.2, -0.15) is 0 Å². The minimum absolute atomic E-state index is 0.0827. The van der Waals surface area contributed by atoms with Crippen LogP contribution in [0.4, 0.5) is 5.69 Å². The summed E-state index contributed by atoms with van der Waals surface area (Å²) in [5.41, 5.74) is 3.60. The number of para-hydroxylation sites is 1. The minimum Gasteiger partial charge on any atom is -0.349 e. The van der Waals surface area contributed by atoms with Crippen molar-refractivity contribution >= 4 is 23.4 Å². The molecule has 0 unspecified atom stereocenters. The zero-order valence-electron chi connectivity index (χ0n) is 14.9. The van der Waals surface area contributed by atoms with E-state index < -0.39 is 0 Å². The van der Waals surface area contributed by atoms with E-state index in [1.54, 1.807) is 6.20 Å². The van der Waals surface area contributed by atoms with Gasteiger partial charge in [0, 0.05) is 42.3 Å². The van der Waals surface area contributed by atoms with Crippen LogP contribution in [0.1, 0.15) is 28.7 Å². The molecule has 130 valence electrons. The molecule has 0 bridgehead atoms. The molecule has 5 nitrogen and oxygen atoms in total. The maximum Gasteiger partial charge on any atom is 0.257 e. The van der Waals surface area contributed by atoms with Crippen molar-refractivity contribution in [3.8, 4) is 0 Å². The van der Waals surface area contributed by atoms with E-state index in [1.807, 2.05) is 62.0 Å². The van der Waals surface area contributed by atoms with Crippen LogP contribution in [0.3, 0.4) is 0 Å². The Kier molecular flexibility index (Phi) is 4.99. The molecule has 0 aliphatic rings. The summed E-state index contributed by atoms with van der Waals surface area (Å²) in [6.45, 7) is 6.95. The van der Waals surface area contributed by atoms with E-state index in [0.29, 0.717) is 0 Å². The zero-order chi connectivity index (χ0) is 18.0. The number of hydrogen-bond donors (Lipinski definition) is 1. The third kappa shape index (κ3) is 3.49. The number of hydrogen-bond acceptors (Lipinski definition) is 3. The van der Waals surface area contributed by atoms with E-state index in [9.17, 15) is 4.79 Å². The Balaban J connectivity index is 1.86. The highest BCUT2D eigenvalue weighted by Gasteiger charge is 2.17. The van der Waals surface area contributed by atoms with Crippen molar-refractivity contribution in [2.45, 2.75) is 37.4 Å². The Labute approximate surface area is 152 Å². The molecule has 1 aromatic carbocycles. The molecule has 0 aliphatic heterocycles. The van der Waals surface area contributed by atoms with Gasteiger partial charge in [-0.25, -0.2) is 4.98 Å². The van der Waals surface area contributed by atoms with Crippen LogP contribution >= 0.6 is 11.8 Å². The van der Waals surface area contributed by atoms with Gasteiger partial charge in [0.2, 0.25) is 0 Å². The molecule has 0 saturated carbocycles. The number of anilines is 1. The Bertz CT molecular complexity index is 910. The Morgan fingerprint density at radius 3 is 2.68 bits per heavy atom. The Hall–Kier alpha value is -2.47. The molecule has 0 spiro atoms. The average Bonchev–Trinajstić information content (AvgIpc) is 3.12. The second-order valence-corrected chi connectivity index (χ2v) is 6.91. The first kappa shape index (κ1) is 17.4. The highest BCUT2D eigenvalue weighted by Crippen LogP contribution is 2.32. The summed E-state index contributed by atoms with van der Waals surface area (Å²) < 4.78 is 4.10. The molecular formula is C19H22N4OS. The fraction of sp³-hybridized carbons (Fsp3) is 0.263. The number of nitrogens with zero attached hydrogens (tertiary/aromatic N) is 3. The highest BCUT2D eigenvalue weighted by molar-refractivity contribution is 7.99. The van der Waals surface area contributed by atoms with Gasteiger partial charge in [-0.15, -0.1) is 0 Å². The first-order valence-corrected chi connectivity index (χ1v) is 9.05. The summed E-state index contributed by atoms with van der Waals surface area (Å²) in [5.74, 6) is -0.0827. The van der Waals surface area contributed by atoms with Crippen molar-refractivity contribution in [3.63, 3.8) is 0 Å². The topological polar surface area (TPSA) is 51.9 Å². The van der Waals surface area contributed by atoms with Crippen molar-refractivity contribution in [3.05, 3.63) is 59.7 Å². The summed E-state index contributed by atoms with van der Waals surface area (Å²) in [4.78, 5) is 18.1. The van der Waals surface area contributed by atoms with Crippen molar-refractivity contribution in [2.75, 3.05) is 5.32 Å². The number of nitrogens with one attached hydrogen (secondary N) is 1. The molecule has 2 heterocycles. The molecule has 0 atom stereocenters. The van der Waals surface area contributed by atoms with Gasteiger partial charge in [0.15, 0.2) is 5.16 Å². The van der Waals surface area contributed by atoms with Crippen LogP contribution in [0.15, 0.2) is 52.8 Å². The van der Waals surface area contributed by atoms with Crippen LogP contribution in [0.2, 0.25) is 0 Å². The first-order valence-electron chi connectivity index (χ1n) is 8.23. The summed E-state index contributed by atoms with van der Waals surface area (Å²) in [6, 6.07) is 9.74. The highest BCUT2D eigenvalue weighted by atomic mass is 32.2. The second-order valence-electron chi connectivity index (χ2n) is 5.90. The van der Waals surface area contributed by atoms with Crippen LogP contribution in [0.5, 0.6) is 0 Å². The van der Waals surface area contributed by atoms with Crippen LogP contribution < -0.4 is 5.32 Å². The number of carbonyl (C=O) groups is 1. The molecule has 1 amide bonds. The van der Waals surface area contributed by atoms with E-state index in [-0.39, 0.29) is 5.91 Å². The molecule has 3 aromatic rings. The minimum atomic E-state index is -0.0827. The number of imidazole rings is 1. The first-order chi connectivity index (χ1) is 12.0. The van der Waals surface area contributed by atoms with E-state index >= 15 is 0 Å². The maximum atomic E-state index is 12.8. The van der Waals surface area contributed by atoms with Gasteiger partial charge in [0.25, 0.3) is 5.91 Å². The van der Waals surface area contributed by atoms with Crippen LogP contribution in [-0.2, 0) is 13.6 Å². The number of aromatic nitrogens is 3. The van der Waals surface area contributed by atoms with Crippen molar-refractivity contribution in [1.29, 1.82) is 0 Å². The summed E-state index contributed by atoms with van der Waals surface area (Å²) in [7, 11) is 1.95. The average molecular weight is 354 g/mol. The lowest BCUT2D eigenvalue weighted by Crippen LogP contribution is -2.13. The fourth-order valence-electron chi connectivity index (χ4n) is 2.91. The normalized spacial score (nSPS) is 10.9. The Morgan fingerprint density at radius 2 is 2.04 bits per heavy atom. The molecule has 0 radical (unpaired) electrons. The van der Waals surface area contributed by atoms with E-state index in [2.05, 4.69) is 21.8 Å². The summed E-state index contributed by atoms with van der Waals surface area (Å²) in [5, 5.41) is 3.93. The van der Waals surface area contributed by atoms with Gasteiger partial charge < -0.3 is 14.5 Å². The van der Waals surface area contributed by atoms with E-state index in [4.69, 9.17) is 0 Å². The lowest BCUT2D eigenvalue weighted by atomic mass is 10.2. The third-order valence-corrected chi connectivity index (χ3v) is 5.40. The molecule has 0 fully saturated rings. The molecule has 1 N–H and O–H groups in total. The predicted molar refractivity (Wildman–Crippen MR) is 101 cm³/mol. The van der Waals surface area contributed by atoms with E-state index in [0.717, 1.165) is 39.2 Å². The lowest BCUT2D eigenvalue weighted by Gasteiger charge is -2.11. The van der Waals surface area contributed by atoms with Crippen LogP contribution in [0, 0.1) is 13.8 Å². The smallest absolute Gasteiger partial charge is 0.257 e. The molecule has 2 aromatic heterocycles. The van der Waals surface area contributed by atoms with Crippen LogP contribution in [-0.4, -0.2) is 20.0 Å². The van der Waals surface area contributed by atoms with Crippen molar-refractivity contribution in [1.82, 2.24) is 14.1 Å². The summed E-state index contributed by atoms with van der Waals surface area (Å²) in [6.07, 6.45) is 3.67. The molecule has 6 heteroatoms. The van der Waals surface area contributed by atoms with Crippen molar-refractivity contribution in [2.24, 2.45) is 7.05 Å². The molecule has 3 rings (SSSR count). The molecule has 0 aliphatic carbocycles. The zero-order valence-corrected chi connectivity index (χ0v) is 15.7. The maximum absolute atomic E-state index is 12.8. The Morgan fingerprint density at radius 1 is 1.28 bits per heavy atom. The van der Waals surface area contributed by atoms with Gasteiger partial charge in [0.05, 0.1) is 11.3 Å². The van der Waals surface area contributed by atoms with Gasteiger partial charge in [-0.3, -0.25) is 4.79 Å². The predicted octanol–water partition coefficient (Wildman–Crippen LogP) is 4.26. The second kappa shape index (κ2) is 7.19. The molecular weight excluding hydrogens is 332 g/mol. The summed E-state index contributed by atoms with van der Waals surface area (Å²) >= 11 is 1.53. The largest absolute Gasteiger partial charge is 0.349 e. The lowest BCUT2D eigenvalue weighted by molar-refractivity contribution is 0.102. The van der Waals surface area contributed by atoms with Gasteiger partial charge in [-0.1, -0.05) is 12.1 Å². The van der Waals surface area contributed by atoms with Gasteiger partial charge in [-0.05, 0) is 50.7 Å². The molecule has 25 heavy (non-hydrogen) atoms. The van der Waals surface area contributed by atoms with Crippen LogP contribution in [0.25, 0.3) is 0 Å². The number of aryl methyl sites for hydroxylation is 2. The number of amides is 1. The number of rotatable bonds is 5. The molecule has 0 saturated heterocycles. The third-order valence-electron chi connectivity index (χ3n) is 4.25. The standard InChI is InChI=1S/C19H22N4OS/c1-5-23-13(2)12-15(14(23)3)18(24)21-16-8-6-7-9-17(16)25-19-20-10-11-22(19)4/h6-12H,5H2,1-4H3,(H,21,24). The fourth-order valence-corrected chi connectivity index (χ4v) is 3.81. The van der Waals surface area contributed by atoms with Crippen molar-refractivity contribution < 1.29 is 4.79 Å². The van der Waals surface area contributed by atoms with Gasteiger partial charge in [0.1, 0.15) is 0 Å². The van der Waals surface area contributed by atoms with E-state index in [1.165, 1.54) is 11.8 Å². The number of benzene rings is 1. The SMILES string of the molecule is CCn1c(C)cc(C(=O)Nc2ccccc2Sc2nccn2C)c1C. The monoisotopic (exact) mass is 354 g/mol.